The average Bonchev–Trinajstić information content (AvgIpc) is 3.20. The molecule has 1 saturated heterocycles. The van der Waals surface area contributed by atoms with Crippen molar-refractivity contribution in [2.45, 2.75) is 32.1 Å². The first-order valence-corrected chi connectivity index (χ1v) is 8.35. The first-order valence-electron chi connectivity index (χ1n) is 8.35. The Morgan fingerprint density at radius 3 is 2.77 bits per heavy atom. The molecule has 0 aliphatic carbocycles. The normalized spacial score (nSPS) is 19.6. The Labute approximate surface area is 150 Å². The van der Waals surface area contributed by atoms with Gasteiger partial charge in [0.15, 0.2) is 5.69 Å². The van der Waals surface area contributed by atoms with Crippen molar-refractivity contribution in [1.82, 2.24) is 29.8 Å². The minimum absolute atomic E-state index is 0.0251. The Bertz CT molecular complexity index is 821. The second-order valence-electron chi connectivity index (χ2n) is 6.63. The van der Waals surface area contributed by atoms with Gasteiger partial charge in [-0.25, -0.2) is 14.1 Å². The Morgan fingerprint density at radius 2 is 2.08 bits per heavy atom. The molecule has 0 radical (unpaired) electrons. The van der Waals surface area contributed by atoms with Gasteiger partial charge in [0.1, 0.15) is 11.9 Å². The van der Waals surface area contributed by atoms with E-state index in [-0.39, 0.29) is 43.1 Å². The molecule has 2 atom stereocenters. The van der Waals surface area contributed by atoms with Gasteiger partial charge in [-0.05, 0) is 19.1 Å². The van der Waals surface area contributed by atoms with Crippen LogP contribution in [-0.2, 0) is 6.54 Å². The molecule has 1 fully saturated rings. The predicted octanol–water partition coefficient (Wildman–Crippen LogP) is 0.936. The molecule has 8 nitrogen and oxygen atoms in total. The number of carbonyl (C=O) groups is 2. The third-order valence-corrected chi connectivity index (χ3v) is 4.29. The fourth-order valence-electron chi connectivity index (χ4n) is 3.02. The molecule has 1 aliphatic rings. The highest BCUT2D eigenvalue weighted by Crippen LogP contribution is 2.23. The summed E-state index contributed by atoms with van der Waals surface area (Å²) >= 11 is 0. The van der Waals surface area contributed by atoms with Crippen molar-refractivity contribution in [2.24, 2.45) is 0 Å². The average molecular weight is 360 g/mol. The maximum atomic E-state index is 14.0. The lowest BCUT2D eigenvalue weighted by Crippen LogP contribution is -2.38. The first kappa shape index (κ1) is 18.0. The van der Waals surface area contributed by atoms with Crippen molar-refractivity contribution in [3.8, 4) is 0 Å². The smallest absolute Gasteiger partial charge is 0.275 e. The van der Waals surface area contributed by atoms with Gasteiger partial charge >= 0.3 is 0 Å². The standard InChI is InChI=1S/C17H21FN6O2/c1-11-5-4-6-14(19-11)17(26)24-8-12(18)7-13(24)9-23-10-15(20-21-23)16(25)22(2)3/h4-6,10,12-13H,7-9H2,1-3H3/t12-,13-/m0/s1. The molecule has 0 unspecified atom stereocenters. The van der Waals surface area contributed by atoms with Crippen LogP contribution < -0.4 is 0 Å². The molecule has 3 heterocycles. The lowest BCUT2D eigenvalue weighted by Gasteiger charge is -2.23. The Hall–Kier alpha value is -2.84. The van der Waals surface area contributed by atoms with Gasteiger partial charge in [-0.3, -0.25) is 9.59 Å². The van der Waals surface area contributed by atoms with Crippen LogP contribution in [-0.4, -0.2) is 74.4 Å². The summed E-state index contributed by atoms with van der Waals surface area (Å²) in [6.45, 7) is 2.10. The van der Waals surface area contributed by atoms with Crippen LogP contribution in [0.25, 0.3) is 0 Å². The number of alkyl halides is 1. The monoisotopic (exact) mass is 360 g/mol. The van der Waals surface area contributed by atoms with Crippen LogP contribution in [0.1, 0.15) is 33.1 Å². The first-order chi connectivity index (χ1) is 12.3. The maximum Gasteiger partial charge on any atom is 0.275 e. The second-order valence-corrected chi connectivity index (χ2v) is 6.63. The molecule has 3 rings (SSSR count). The van der Waals surface area contributed by atoms with Crippen LogP contribution in [0.2, 0.25) is 0 Å². The van der Waals surface area contributed by atoms with E-state index in [1.165, 1.54) is 20.7 Å². The topological polar surface area (TPSA) is 84.2 Å². The van der Waals surface area contributed by atoms with E-state index in [1.807, 2.05) is 0 Å². The quantitative estimate of drug-likeness (QED) is 0.810. The van der Waals surface area contributed by atoms with Gasteiger partial charge in [-0.1, -0.05) is 11.3 Å². The third kappa shape index (κ3) is 3.71. The van der Waals surface area contributed by atoms with Gasteiger partial charge < -0.3 is 9.80 Å². The summed E-state index contributed by atoms with van der Waals surface area (Å²) in [6, 6.07) is 4.81. The predicted molar refractivity (Wildman–Crippen MR) is 91.4 cm³/mol. The lowest BCUT2D eigenvalue weighted by atomic mass is 10.2. The molecule has 26 heavy (non-hydrogen) atoms. The summed E-state index contributed by atoms with van der Waals surface area (Å²) in [5, 5.41) is 7.78. The van der Waals surface area contributed by atoms with Crippen LogP contribution in [0.5, 0.6) is 0 Å². The van der Waals surface area contributed by atoms with E-state index in [9.17, 15) is 14.0 Å². The van der Waals surface area contributed by atoms with Crippen LogP contribution in [0.15, 0.2) is 24.4 Å². The number of amides is 2. The largest absolute Gasteiger partial charge is 0.343 e. The van der Waals surface area contributed by atoms with E-state index in [0.717, 1.165) is 5.69 Å². The number of likely N-dealkylation sites (tertiary alicyclic amines) is 1. The minimum Gasteiger partial charge on any atom is -0.343 e. The molecule has 1 aliphatic heterocycles. The third-order valence-electron chi connectivity index (χ3n) is 4.29. The Kier molecular flexibility index (Phi) is 4.97. The molecular weight excluding hydrogens is 339 g/mol. The lowest BCUT2D eigenvalue weighted by molar-refractivity contribution is 0.0707. The van der Waals surface area contributed by atoms with Crippen LogP contribution in [0.4, 0.5) is 4.39 Å². The van der Waals surface area contributed by atoms with Gasteiger partial charge in [0.2, 0.25) is 0 Å². The summed E-state index contributed by atoms with van der Waals surface area (Å²) in [4.78, 5) is 31.8. The van der Waals surface area contributed by atoms with E-state index < -0.39 is 6.17 Å². The highest BCUT2D eigenvalue weighted by atomic mass is 19.1. The molecule has 138 valence electrons. The van der Waals surface area contributed by atoms with E-state index in [2.05, 4.69) is 15.3 Å². The van der Waals surface area contributed by atoms with Gasteiger partial charge in [0, 0.05) is 26.2 Å². The van der Waals surface area contributed by atoms with Crippen molar-refractivity contribution >= 4 is 11.8 Å². The van der Waals surface area contributed by atoms with Gasteiger partial charge in [0.05, 0.1) is 25.3 Å². The van der Waals surface area contributed by atoms with E-state index >= 15 is 0 Å². The molecule has 9 heteroatoms. The highest BCUT2D eigenvalue weighted by molar-refractivity contribution is 5.93. The maximum absolute atomic E-state index is 14.0. The van der Waals surface area contributed by atoms with Gasteiger partial charge in [-0.15, -0.1) is 5.10 Å². The minimum atomic E-state index is -1.10. The van der Waals surface area contributed by atoms with Crippen molar-refractivity contribution < 1.29 is 14.0 Å². The number of pyridine rings is 1. The van der Waals surface area contributed by atoms with Crippen LogP contribution >= 0.6 is 0 Å². The summed E-state index contributed by atoms with van der Waals surface area (Å²) in [7, 11) is 3.25. The summed E-state index contributed by atoms with van der Waals surface area (Å²) in [5.41, 5.74) is 1.24. The number of aryl methyl sites for hydroxylation is 1. The van der Waals surface area contributed by atoms with E-state index in [1.54, 1.807) is 39.2 Å². The number of hydrogen-bond acceptors (Lipinski definition) is 5. The SMILES string of the molecule is Cc1cccc(C(=O)N2C[C@@H](F)C[C@H]2Cn2cc(C(=O)N(C)C)nn2)n1. The Morgan fingerprint density at radius 1 is 1.31 bits per heavy atom. The molecule has 2 amide bonds. The van der Waals surface area contributed by atoms with Crippen molar-refractivity contribution in [1.29, 1.82) is 0 Å². The molecule has 0 aromatic carbocycles. The number of rotatable bonds is 4. The molecule has 0 saturated carbocycles. The fraction of sp³-hybridized carbons (Fsp3) is 0.471. The summed E-state index contributed by atoms with van der Waals surface area (Å²) in [6.07, 6.45) is 0.635. The van der Waals surface area contributed by atoms with Gasteiger partial charge in [-0.2, -0.15) is 0 Å². The number of halogens is 1. The second kappa shape index (κ2) is 7.19. The van der Waals surface area contributed by atoms with E-state index in [0.29, 0.717) is 5.69 Å². The highest BCUT2D eigenvalue weighted by Gasteiger charge is 2.36. The number of nitrogens with zero attached hydrogens (tertiary/aromatic N) is 6. The fourth-order valence-corrected chi connectivity index (χ4v) is 3.02. The zero-order valence-corrected chi connectivity index (χ0v) is 15.0. The van der Waals surface area contributed by atoms with Crippen molar-refractivity contribution in [3.05, 3.63) is 41.5 Å². The molecule has 2 aromatic heterocycles. The zero-order valence-electron chi connectivity index (χ0n) is 15.0. The molecule has 0 bridgehead atoms. The summed E-state index contributed by atoms with van der Waals surface area (Å²) < 4.78 is 15.5. The molecule has 2 aromatic rings. The summed E-state index contributed by atoms with van der Waals surface area (Å²) in [5.74, 6) is -0.563. The number of aromatic nitrogens is 4. The zero-order chi connectivity index (χ0) is 18.8. The van der Waals surface area contributed by atoms with E-state index in [4.69, 9.17) is 0 Å². The van der Waals surface area contributed by atoms with Crippen molar-refractivity contribution in [2.75, 3.05) is 20.6 Å². The van der Waals surface area contributed by atoms with Crippen LogP contribution in [0.3, 0.4) is 0 Å². The van der Waals surface area contributed by atoms with Crippen LogP contribution in [0, 0.1) is 6.92 Å². The number of carbonyl (C=O) groups excluding carboxylic acids is 2. The van der Waals surface area contributed by atoms with Crippen molar-refractivity contribution in [3.63, 3.8) is 0 Å². The molecule has 0 spiro atoms. The number of hydrogen-bond donors (Lipinski definition) is 0. The molecule has 0 N–H and O–H groups in total. The van der Waals surface area contributed by atoms with Gasteiger partial charge in [0.25, 0.3) is 11.8 Å². The molecular formula is C17H21FN6O2. The Balaban J connectivity index is 1.76.